The Hall–Kier alpha value is -2.08. The number of rotatable bonds is 11. The fraction of sp³-hybridized carbons (Fsp3) is 0.389. The molecule has 0 aliphatic rings. The quantitative estimate of drug-likeness (QED) is 0.409. The monoisotopic (exact) mass is 458 g/mol. The Morgan fingerprint density at radius 2 is 1.97 bits per heavy atom. The molecular formula is C18H22N2O6S3. The standard InChI is InChI=1S/C18H22N2O6S3/c1-13(21)19-11-14-7-8-16(28-14)15(22)12-26-17(23)5-3-9-20(2)29(24,25)18-6-4-10-27-18/h4,6-8,10H,3,5,9,11-12H2,1-2H3,(H,19,21). The van der Waals surface area contributed by atoms with Gasteiger partial charge in [-0.25, -0.2) is 12.7 Å². The van der Waals surface area contributed by atoms with Crippen LogP contribution in [0.15, 0.2) is 33.9 Å². The van der Waals surface area contributed by atoms with E-state index in [0.29, 0.717) is 11.4 Å². The molecule has 1 amide bonds. The highest BCUT2D eigenvalue weighted by Gasteiger charge is 2.21. The van der Waals surface area contributed by atoms with E-state index < -0.39 is 16.0 Å². The van der Waals surface area contributed by atoms with Crippen LogP contribution >= 0.6 is 22.7 Å². The fourth-order valence-corrected chi connectivity index (χ4v) is 5.54. The van der Waals surface area contributed by atoms with E-state index in [1.165, 1.54) is 35.7 Å². The Morgan fingerprint density at radius 3 is 2.62 bits per heavy atom. The van der Waals surface area contributed by atoms with Crippen molar-refractivity contribution in [1.82, 2.24) is 9.62 Å². The van der Waals surface area contributed by atoms with Crippen LogP contribution in [0.3, 0.4) is 0 Å². The molecule has 1 N–H and O–H groups in total. The summed E-state index contributed by atoms with van der Waals surface area (Å²) in [6.07, 6.45) is 0.295. The number of thiophene rings is 2. The van der Waals surface area contributed by atoms with Gasteiger partial charge in [-0.2, -0.15) is 0 Å². The first-order valence-electron chi connectivity index (χ1n) is 8.72. The van der Waals surface area contributed by atoms with Gasteiger partial charge in [0.25, 0.3) is 10.0 Å². The first-order chi connectivity index (χ1) is 13.7. The van der Waals surface area contributed by atoms with E-state index in [9.17, 15) is 22.8 Å². The minimum absolute atomic E-state index is 0.00972. The number of carbonyl (C=O) groups is 3. The number of nitrogens with one attached hydrogen (secondary N) is 1. The first-order valence-corrected chi connectivity index (χ1v) is 11.9. The van der Waals surface area contributed by atoms with Crippen molar-refractivity contribution in [2.24, 2.45) is 0 Å². The molecule has 0 saturated heterocycles. The van der Waals surface area contributed by atoms with Gasteiger partial charge in [-0.3, -0.25) is 14.4 Å². The molecule has 0 saturated carbocycles. The minimum atomic E-state index is -3.54. The van der Waals surface area contributed by atoms with Gasteiger partial charge in [0.05, 0.1) is 11.4 Å². The molecule has 2 heterocycles. The van der Waals surface area contributed by atoms with E-state index >= 15 is 0 Å². The largest absolute Gasteiger partial charge is 0.457 e. The number of carbonyl (C=O) groups excluding carboxylic acids is 3. The Balaban J connectivity index is 1.71. The lowest BCUT2D eigenvalue weighted by Gasteiger charge is -2.15. The smallest absolute Gasteiger partial charge is 0.306 e. The van der Waals surface area contributed by atoms with Gasteiger partial charge < -0.3 is 10.1 Å². The normalized spacial score (nSPS) is 11.4. The Bertz CT molecular complexity index is 950. The molecule has 2 rings (SSSR count). The highest BCUT2D eigenvalue weighted by molar-refractivity contribution is 7.91. The third-order valence-corrected chi connectivity index (χ3v) is 8.18. The van der Waals surface area contributed by atoms with Gasteiger partial charge in [0.2, 0.25) is 11.7 Å². The molecule has 0 radical (unpaired) electrons. The second-order valence-electron chi connectivity index (χ2n) is 6.12. The van der Waals surface area contributed by atoms with Gasteiger partial charge in [0, 0.05) is 31.8 Å². The fourth-order valence-electron chi connectivity index (χ4n) is 2.25. The molecule has 0 fully saturated rings. The lowest BCUT2D eigenvalue weighted by Crippen LogP contribution is -2.27. The van der Waals surface area contributed by atoms with Crippen molar-refractivity contribution in [1.29, 1.82) is 0 Å². The van der Waals surface area contributed by atoms with Gasteiger partial charge in [-0.05, 0) is 30.0 Å². The molecule has 0 aromatic carbocycles. The van der Waals surface area contributed by atoms with Crippen molar-refractivity contribution in [3.8, 4) is 0 Å². The molecule has 0 bridgehead atoms. The summed E-state index contributed by atoms with van der Waals surface area (Å²) in [5, 5.41) is 4.33. The van der Waals surface area contributed by atoms with Crippen LogP contribution in [0.5, 0.6) is 0 Å². The van der Waals surface area contributed by atoms with Gasteiger partial charge in [-0.15, -0.1) is 22.7 Å². The molecule has 8 nitrogen and oxygen atoms in total. The van der Waals surface area contributed by atoms with Crippen molar-refractivity contribution in [3.63, 3.8) is 0 Å². The highest BCUT2D eigenvalue weighted by Crippen LogP contribution is 2.20. The Labute approximate surface area is 177 Å². The summed E-state index contributed by atoms with van der Waals surface area (Å²) in [6, 6.07) is 6.56. The first kappa shape index (κ1) is 23.2. The highest BCUT2D eigenvalue weighted by atomic mass is 32.2. The zero-order valence-corrected chi connectivity index (χ0v) is 18.5. The van der Waals surface area contributed by atoms with E-state index in [2.05, 4.69) is 5.32 Å². The molecule has 0 aliphatic heterocycles. The average Bonchev–Trinajstić information content (AvgIpc) is 3.36. The molecule has 2 aromatic rings. The molecule has 158 valence electrons. The average molecular weight is 459 g/mol. The molecule has 2 aromatic heterocycles. The zero-order valence-electron chi connectivity index (χ0n) is 16.0. The second-order valence-corrected chi connectivity index (χ2v) is 10.5. The van der Waals surface area contributed by atoms with Crippen LogP contribution in [0.25, 0.3) is 0 Å². The number of sulfonamides is 1. The summed E-state index contributed by atoms with van der Waals surface area (Å²) in [7, 11) is -2.08. The van der Waals surface area contributed by atoms with Crippen LogP contribution in [0.2, 0.25) is 0 Å². The number of ketones is 1. The summed E-state index contributed by atoms with van der Waals surface area (Å²) < 4.78 is 31.0. The van der Waals surface area contributed by atoms with Crippen molar-refractivity contribution in [2.75, 3.05) is 20.2 Å². The van der Waals surface area contributed by atoms with Gasteiger partial charge in [-0.1, -0.05) is 6.07 Å². The van der Waals surface area contributed by atoms with Crippen LogP contribution < -0.4 is 5.32 Å². The maximum absolute atomic E-state index is 12.3. The molecule has 0 atom stereocenters. The third-order valence-electron chi connectivity index (χ3n) is 3.83. The Kier molecular flexibility index (Phi) is 8.50. The van der Waals surface area contributed by atoms with E-state index in [4.69, 9.17) is 4.74 Å². The second kappa shape index (κ2) is 10.6. The van der Waals surface area contributed by atoms with Crippen molar-refractivity contribution < 1.29 is 27.5 Å². The van der Waals surface area contributed by atoms with E-state index in [0.717, 1.165) is 16.2 Å². The van der Waals surface area contributed by atoms with Crippen LogP contribution in [0, 0.1) is 0 Å². The Morgan fingerprint density at radius 1 is 1.21 bits per heavy atom. The van der Waals surface area contributed by atoms with Crippen LogP contribution in [-0.2, 0) is 30.9 Å². The number of Topliss-reactive ketones (excluding diaryl/α,β-unsaturated/α-hetero) is 1. The number of hydrogen-bond acceptors (Lipinski definition) is 8. The minimum Gasteiger partial charge on any atom is -0.457 e. The SMILES string of the molecule is CC(=O)NCc1ccc(C(=O)COC(=O)CCCN(C)S(=O)(=O)c2cccs2)s1. The van der Waals surface area contributed by atoms with Gasteiger partial charge in [0.1, 0.15) is 4.21 Å². The summed E-state index contributed by atoms with van der Waals surface area (Å²) >= 11 is 2.36. The van der Waals surface area contributed by atoms with Crippen molar-refractivity contribution >= 4 is 50.4 Å². The lowest BCUT2D eigenvalue weighted by molar-refractivity contribution is -0.142. The topological polar surface area (TPSA) is 110 Å². The maximum Gasteiger partial charge on any atom is 0.306 e. The lowest BCUT2D eigenvalue weighted by atomic mass is 10.3. The number of nitrogens with zero attached hydrogens (tertiary/aromatic N) is 1. The maximum atomic E-state index is 12.3. The molecule has 0 spiro atoms. The number of esters is 1. The van der Waals surface area contributed by atoms with E-state index in [1.807, 2.05) is 0 Å². The summed E-state index contributed by atoms with van der Waals surface area (Å²) in [5.74, 6) is -1.04. The van der Waals surface area contributed by atoms with Gasteiger partial charge >= 0.3 is 5.97 Å². The number of ether oxygens (including phenoxy) is 1. The zero-order chi connectivity index (χ0) is 21.4. The molecule has 0 aliphatic carbocycles. The number of amides is 1. The predicted molar refractivity (Wildman–Crippen MR) is 110 cm³/mol. The third kappa shape index (κ3) is 7.03. The predicted octanol–water partition coefficient (Wildman–Crippen LogP) is 2.27. The van der Waals surface area contributed by atoms with Crippen LogP contribution in [0.1, 0.15) is 34.3 Å². The van der Waals surface area contributed by atoms with E-state index in [-0.39, 0.29) is 41.9 Å². The van der Waals surface area contributed by atoms with Crippen LogP contribution in [0.4, 0.5) is 0 Å². The summed E-state index contributed by atoms with van der Waals surface area (Å²) in [6.45, 7) is 1.55. The molecule has 29 heavy (non-hydrogen) atoms. The molecular weight excluding hydrogens is 436 g/mol. The van der Waals surface area contributed by atoms with E-state index in [1.54, 1.807) is 23.6 Å². The van der Waals surface area contributed by atoms with Crippen molar-refractivity contribution in [3.05, 3.63) is 39.4 Å². The summed E-state index contributed by atoms with van der Waals surface area (Å²) in [4.78, 5) is 36.1. The van der Waals surface area contributed by atoms with Crippen molar-refractivity contribution in [2.45, 2.75) is 30.5 Å². The summed E-state index contributed by atoms with van der Waals surface area (Å²) in [5.41, 5.74) is 0. The number of hydrogen-bond donors (Lipinski definition) is 1. The van der Waals surface area contributed by atoms with Crippen LogP contribution in [-0.4, -0.2) is 50.6 Å². The molecule has 0 unspecified atom stereocenters. The molecule has 11 heteroatoms. The van der Waals surface area contributed by atoms with Gasteiger partial charge in [0.15, 0.2) is 6.61 Å².